The van der Waals surface area contributed by atoms with Crippen LogP contribution in [0.4, 0.5) is 5.69 Å². The van der Waals surface area contributed by atoms with Crippen molar-refractivity contribution in [2.45, 2.75) is 44.6 Å². The maximum absolute atomic E-state index is 3.81. The number of hydrogen-bond donors (Lipinski definition) is 1. The summed E-state index contributed by atoms with van der Waals surface area (Å²) >= 11 is 0. The molecule has 1 aliphatic carbocycles. The summed E-state index contributed by atoms with van der Waals surface area (Å²) in [5.74, 6) is 0.901. The fourth-order valence-electron chi connectivity index (χ4n) is 3.68. The van der Waals surface area contributed by atoms with E-state index in [-0.39, 0.29) is 0 Å². The maximum atomic E-state index is 3.81. The summed E-state index contributed by atoms with van der Waals surface area (Å²) in [4.78, 5) is 2.58. The van der Waals surface area contributed by atoms with Crippen molar-refractivity contribution in [3.63, 3.8) is 0 Å². The van der Waals surface area contributed by atoms with Crippen molar-refractivity contribution in [1.82, 2.24) is 5.32 Å². The summed E-state index contributed by atoms with van der Waals surface area (Å²) in [6.45, 7) is 3.57. The molecule has 0 radical (unpaired) electrons. The molecule has 1 N–H and O–H groups in total. The third-order valence-electron chi connectivity index (χ3n) is 4.77. The van der Waals surface area contributed by atoms with Gasteiger partial charge in [-0.3, -0.25) is 0 Å². The summed E-state index contributed by atoms with van der Waals surface area (Å²) in [7, 11) is 0. The standard InChI is InChI=1S/C17H26N2/c1-3-8-15(9-4-1)17-14-19(13-7-12-18-17)16-10-5-2-6-11-16/h2,5-6,10-11,15,17-18H,1,3-4,7-9,12-14H2. The van der Waals surface area contributed by atoms with Gasteiger partial charge < -0.3 is 10.2 Å². The number of rotatable bonds is 2. The summed E-state index contributed by atoms with van der Waals surface area (Å²) < 4.78 is 0. The predicted molar refractivity (Wildman–Crippen MR) is 81.6 cm³/mol. The number of hydrogen-bond acceptors (Lipinski definition) is 2. The van der Waals surface area contributed by atoms with Crippen molar-refractivity contribution in [2.24, 2.45) is 5.92 Å². The Kier molecular flexibility index (Phi) is 4.39. The average Bonchev–Trinajstić information content (AvgIpc) is 2.75. The second kappa shape index (κ2) is 6.42. The van der Waals surface area contributed by atoms with E-state index in [9.17, 15) is 0 Å². The minimum absolute atomic E-state index is 0.697. The summed E-state index contributed by atoms with van der Waals surface area (Å²) in [6, 6.07) is 11.6. The molecule has 0 aromatic heterocycles. The van der Waals surface area contributed by atoms with Crippen molar-refractivity contribution in [3.05, 3.63) is 30.3 Å². The molecule has 1 heterocycles. The Balaban J connectivity index is 1.68. The number of para-hydroxylation sites is 1. The quantitative estimate of drug-likeness (QED) is 0.874. The molecule has 2 heteroatoms. The second-order valence-electron chi connectivity index (χ2n) is 6.09. The zero-order valence-corrected chi connectivity index (χ0v) is 11.9. The van der Waals surface area contributed by atoms with E-state index in [2.05, 4.69) is 40.5 Å². The molecule has 1 aliphatic heterocycles. The SMILES string of the molecule is c1ccc(N2CCCNC(C3CCCCC3)C2)cc1. The Labute approximate surface area is 117 Å². The van der Waals surface area contributed by atoms with E-state index < -0.39 is 0 Å². The van der Waals surface area contributed by atoms with Crippen LogP contribution < -0.4 is 10.2 Å². The van der Waals surface area contributed by atoms with Gasteiger partial charge in [-0.05, 0) is 43.9 Å². The minimum atomic E-state index is 0.697. The number of anilines is 1. The van der Waals surface area contributed by atoms with Crippen molar-refractivity contribution < 1.29 is 0 Å². The first kappa shape index (κ1) is 13.0. The molecule has 104 valence electrons. The molecule has 0 spiro atoms. The second-order valence-corrected chi connectivity index (χ2v) is 6.09. The molecule has 1 saturated heterocycles. The Morgan fingerprint density at radius 3 is 2.53 bits per heavy atom. The van der Waals surface area contributed by atoms with Gasteiger partial charge in [-0.25, -0.2) is 0 Å². The Morgan fingerprint density at radius 1 is 0.947 bits per heavy atom. The van der Waals surface area contributed by atoms with Gasteiger partial charge in [0, 0.05) is 24.8 Å². The van der Waals surface area contributed by atoms with E-state index in [4.69, 9.17) is 0 Å². The topological polar surface area (TPSA) is 15.3 Å². The van der Waals surface area contributed by atoms with E-state index in [1.54, 1.807) is 0 Å². The predicted octanol–water partition coefficient (Wildman–Crippen LogP) is 3.44. The minimum Gasteiger partial charge on any atom is -0.370 e. The Morgan fingerprint density at radius 2 is 1.74 bits per heavy atom. The van der Waals surface area contributed by atoms with Crippen molar-refractivity contribution >= 4 is 5.69 Å². The van der Waals surface area contributed by atoms with Crippen molar-refractivity contribution in [1.29, 1.82) is 0 Å². The Hall–Kier alpha value is -1.02. The molecule has 2 aliphatic rings. The van der Waals surface area contributed by atoms with Crippen LogP contribution in [-0.2, 0) is 0 Å². The lowest BCUT2D eigenvalue weighted by atomic mass is 9.83. The number of nitrogens with zero attached hydrogens (tertiary/aromatic N) is 1. The van der Waals surface area contributed by atoms with Gasteiger partial charge in [-0.1, -0.05) is 37.5 Å². The molecule has 3 rings (SSSR count). The highest BCUT2D eigenvalue weighted by molar-refractivity contribution is 5.46. The highest BCUT2D eigenvalue weighted by atomic mass is 15.2. The molecular weight excluding hydrogens is 232 g/mol. The van der Waals surface area contributed by atoms with Crippen molar-refractivity contribution in [2.75, 3.05) is 24.5 Å². The molecule has 1 unspecified atom stereocenters. The summed E-state index contributed by atoms with van der Waals surface area (Å²) in [5, 5.41) is 3.81. The highest BCUT2D eigenvalue weighted by Crippen LogP contribution is 2.28. The number of benzene rings is 1. The molecule has 1 aromatic rings. The molecule has 1 saturated carbocycles. The van der Waals surface area contributed by atoms with Crippen LogP contribution in [0.3, 0.4) is 0 Å². The van der Waals surface area contributed by atoms with Crippen LogP contribution in [-0.4, -0.2) is 25.7 Å². The highest BCUT2D eigenvalue weighted by Gasteiger charge is 2.26. The molecule has 2 nitrogen and oxygen atoms in total. The first-order valence-corrected chi connectivity index (χ1v) is 7.97. The lowest BCUT2D eigenvalue weighted by Gasteiger charge is -2.33. The van der Waals surface area contributed by atoms with Gasteiger partial charge >= 0.3 is 0 Å². The van der Waals surface area contributed by atoms with E-state index in [1.165, 1.54) is 63.8 Å². The van der Waals surface area contributed by atoms with Crippen LogP contribution in [0, 0.1) is 5.92 Å². The van der Waals surface area contributed by atoms with Gasteiger partial charge in [-0.15, -0.1) is 0 Å². The maximum Gasteiger partial charge on any atom is 0.0366 e. The molecule has 1 aromatic carbocycles. The largest absolute Gasteiger partial charge is 0.370 e. The molecule has 19 heavy (non-hydrogen) atoms. The van der Waals surface area contributed by atoms with E-state index in [0.717, 1.165) is 5.92 Å². The van der Waals surface area contributed by atoms with E-state index >= 15 is 0 Å². The molecule has 1 atom stereocenters. The third kappa shape index (κ3) is 3.30. The van der Waals surface area contributed by atoms with Gasteiger partial charge in [0.15, 0.2) is 0 Å². The van der Waals surface area contributed by atoms with E-state index in [0.29, 0.717) is 6.04 Å². The Bertz CT molecular complexity index is 370. The molecule has 0 bridgehead atoms. The fraction of sp³-hybridized carbons (Fsp3) is 0.647. The van der Waals surface area contributed by atoms with Gasteiger partial charge in [-0.2, -0.15) is 0 Å². The first-order valence-electron chi connectivity index (χ1n) is 7.97. The lowest BCUT2D eigenvalue weighted by Crippen LogP contribution is -2.43. The number of nitrogens with one attached hydrogen (secondary N) is 1. The van der Waals surface area contributed by atoms with Gasteiger partial charge in [0.25, 0.3) is 0 Å². The molecule has 0 amide bonds. The molecule has 2 fully saturated rings. The zero-order chi connectivity index (χ0) is 12.9. The van der Waals surface area contributed by atoms with Gasteiger partial charge in [0.05, 0.1) is 0 Å². The van der Waals surface area contributed by atoms with Crippen molar-refractivity contribution in [3.8, 4) is 0 Å². The van der Waals surface area contributed by atoms with Crippen LogP contribution in [0.5, 0.6) is 0 Å². The zero-order valence-electron chi connectivity index (χ0n) is 11.9. The summed E-state index contributed by atoms with van der Waals surface area (Å²) in [5.41, 5.74) is 1.40. The van der Waals surface area contributed by atoms with Crippen LogP contribution in [0.1, 0.15) is 38.5 Å². The lowest BCUT2D eigenvalue weighted by molar-refractivity contribution is 0.277. The smallest absolute Gasteiger partial charge is 0.0366 e. The van der Waals surface area contributed by atoms with Crippen LogP contribution in [0.25, 0.3) is 0 Å². The van der Waals surface area contributed by atoms with Gasteiger partial charge in [0.2, 0.25) is 0 Å². The first-order chi connectivity index (χ1) is 9.43. The fourth-order valence-corrected chi connectivity index (χ4v) is 3.68. The molecular formula is C17H26N2. The van der Waals surface area contributed by atoms with Crippen LogP contribution in [0.15, 0.2) is 30.3 Å². The van der Waals surface area contributed by atoms with Crippen LogP contribution >= 0.6 is 0 Å². The normalized spacial score (nSPS) is 26.1. The monoisotopic (exact) mass is 258 g/mol. The summed E-state index contributed by atoms with van der Waals surface area (Å²) in [6.07, 6.45) is 8.45. The average molecular weight is 258 g/mol. The van der Waals surface area contributed by atoms with Crippen LogP contribution in [0.2, 0.25) is 0 Å². The third-order valence-corrected chi connectivity index (χ3v) is 4.77. The van der Waals surface area contributed by atoms with Gasteiger partial charge in [0.1, 0.15) is 0 Å². The van der Waals surface area contributed by atoms with E-state index in [1.807, 2.05) is 0 Å².